The second-order valence-electron chi connectivity index (χ2n) is 5.43. The fourth-order valence-electron chi connectivity index (χ4n) is 2.29. The number of hydrogen-bond acceptors (Lipinski definition) is 4. The molecule has 0 radical (unpaired) electrons. The Hall–Kier alpha value is -1.78. The van der Waals surface area contributed by atoms with Crippen LogP contribution < -0.4 is 10.6 Å². The van der Waals surface area contributed by atoms with E-state index in [2.05, 4.69) is 41.4 Å². The van der Waals surface area contributed by atoms with E-state index in [4.69, 9.17) is 0 Å². The third-order valence-corrected chi connectivity index (χ3v) is 3.53. The first-order valence-electron chi connectivity index (χ1n) is 7.48. The molecule has 0 aromatic carbocycles. The number of nitrogens with one attached hydrogen (secondary N) is 2. The highest BCUT2D eigenvalue weighted by molar-refractivity contribution is 5.09. The molecule has 0 aliphatic carbocycles. The van der Waals surface area contributed by atoms with Crippen molar-refractivity contribution in [2.75, 3.05) is 6.54 Å². The van der Waals surface area contributed by atoms with E-state index < -0.39 is 0 Å². The Labute approximate surface area is 127 Å². The van der Waals surface area contributed by atoms with Crippen molar-refractivity contribution in [3.8, 4) is 0 Å². The number of pyridine rings is 2. The quantitative estimate of drug-likeness (QED) is 0.821. The van der Waals surface area contributed by atoms with E-state index in [1.54, 1.807) is 0 Å². The van der Waals surface area contributed by atoms with Crippen LogP contribution >= 0.6 is 0 Å². The van der Waals surface area contributed by atoms with Crippen LogP contribution in [0.3, 0.4) is 0 Å². The van der Waals surface area contributed by atoms with Crippen molar-refractivity contribution in [3.05, 3.63) is 60.2 Å². The van der Waals surface area contributed by atoms with Crippen molar-refractivity contribution in [2.45, 2.75) is 38.9 Å². The lowest BCUT2D eigenvalue weighted by atomic mass is 10.1. The molecule has 0 unspecified atom stereocenters. The lowest BCUT2D eigenvalue weighted by molar-refractivity contribution is 0.425. The lowest BCUT2D eigenvalue weighted by Crippen LogP contribution is -2.38. The summed E-state index contributed by atoms with van der Waals surface area (Å²) in [6.45, 7) is 7.34. The summed E-state index contributed by atoms with van der Waals surface area (Å²) in [5.41, 5.74) is 2.14. The van der Waals surface area contributed by atoms with Crippen molar-refractivity contribution in [2.24, 2.45) is 0 Å². The van der Waals surface area contributed by atoms with Crippen LogP contribution in [-0.2, 0) is 0 Å². The van der Waals surface area contributed by atoms with E-state index in [1.807, 2.05) is 48.8 Å². The molecule has 112 valence electrons. The number of hydrogen-bond donors (Lipinski definition) is 2. The van der Waals surface area contributed by atoms with Crippen molar-refractivity contribution >= 4 is 0 Å². The average molecular weight is 284 g/mol. The molecule has 0 saturated carbocycles. The van der Waals surface area contributed by atoms with Gasteiger partial charge >= 0.3 is 0 Å². The van der Waals surface area contributed by atoms with Gasteiger partial charge in [-0.3, -0.25) is 9.97 Å². The van der Waals surface area contributed by atoms with Crippen LogP contribution in [0.1, 0.15) is 44.2 Å². The maximum Gasteiger partial charge on any atom is 0.0570 e. The number of aromatic nitrogens is 2. The van der Waals surface area contributed by atoms with E-state index in [9.17, 15) is 0 Å². The first-order chi connectivity index (χ1) is 10.2. The molecule has 4 nitrogen and oxygen atoms in total. The summed E-state index contributed by atoms with van der Waals surface area (Å²) in [7, 11) is 0. The van der Waals surface area contributed by atoms with E-state index in [0.717, 1.165) is 17.9 Å². The predicted octanol–water partition coefficient (Wildman–Crippen LogP) is 2.87. The molecule has 2 N–H and O–H groups in total. The van der Waals surface area contributed by atoms with Crippen LogP contribution in [-0.4, -0.2) is 22.6 Å². The Kier molecular flexibility index (Phi) is 5.84. The average Bonchev–Trinajstić information content (AvgIpc) is 2.54. The van der Waals surface area contributed by atoms with Crippen LogP contribution in [0.4, 0.5) is 0 Å². The van der Waals surface area contributed by atoms with E-state index in [-0.39, 0.29) is 12.1 Å². The summed E-state index contributed by atoms with van der Waals surface area (Å²) in [5.74, 6) is 0. The fourth-order valence-corrected chi connectivity index (χ4v) is 2.29. The smallest absolute Gasteiger partial charge is 0.0570 e. The monoisotopic (exact) mass is 284 g/mol. The van der Waals surface area contributed by atoms with Gasteiger partial charge in [0.1, 0.15) is 0 Å². The minimum Gasteiger partial charge on any atom is -0.307 e. The molecule has 0 saturated heterocycles. The van der Waals surface area contributed by atoms with Crippen LogP contribution in [0.15, 0.2) is 48.8 Å². The van der Waals surface area contributed by atoms with Gasteiger partial charge in [0.15, 0.2) is 0 Å². The first kappa shape index (κ1) is 15.6. The Morgan fingerprint density at radius 1 is 0.857 bits per heavy atom. The molecular weight excluding hydrogens is 260 g/mol. The van der Waals surface area contributed by atoms with Crippen LogP contribution in [0.5, 0.6) is 0 Å². The highest BCUT2D eigenvalue weighted by Gasteiger charge is 2.12. The molecule has 3 atom stereocenters. The summed E-state index contributed by atoms with van der Waals surface area (Å²) in [5, 5.41) is 7.07. The molecule has 21 heavy (non-hydrogen) atoms. The van der Waals surface area contributed by atoms with Crippen LogP contribution in [0.2, 0.25) is 0 Å². The summed E-state index contributed by atoms with van der Waals surface area (Å²) >= 11 is 0. The van der Waals surface area contributed by atoms with Crippen LogP contribution in [0.25, 0.3) is 0 Å². The van der Waals surface area contributed by atoms with Crippen LogP contribution in [0, 0.1) is 0 Å². The molecule has 0 spiro atoms. The van der Waals surface area contributed by atoms with Gasteiger partial charge in [0.25, 0.3) is 0 Å². The third kappa shape index (κ3) is 4.92. The number of nitrogens with zero attached hydrogens (tertiary/aromatic N) is 2. The molecule has 0 aliphatic rings. The van der Waals surface area contributed by atoms with Gasteiger partial charge in [0.2, 0.25) is 0 Å². The topological polar surface area (TPSA) is 49.8 Å². The van der Waals surface area contributed by atoms with Gasteiger partial charge in [0.05, 0.1) is 11.4 Å². The van der Waals surface area contributed by atoms with E-state index in [1.165, 1.54) is 0 Å². The SMILES string of the molecule is C[C@H](CN[C@H](C)c1ccccn1)N[C@H](C)c1ccccn1. The Bertz CT molecular complexity index is 515. The second-order valence-corrected chi connectivity index (χ2v) is 5.43. The zero-order valence-corrected chi connectivity index (χ0v) is 13.0. The van der Waals surface area contributed by atoms with E-state index >= 15 is 0 Å². The largest absolute Gasteiger partial charge is 0.307 e. The van der Waals surface area contributed by atoms with Gasteiger partial charge in [-0.2, -0.15) is 0 Å². The molecule has 0 fully saturated rings. The molecule has 2 aromatic heterocycles. The zero-order chi connectivity index (χ0) is 15.1. The maximum absolute atomic E-state index is 4.38. The molecule has 4 heteroatoms. The van der Waals surface area contributed by atoms with Crippen molar-refractivity contribution in [1.29, 1.82) is 0 Å². The van der Waals surface area contributed by atoms with Gasteiger partial charge in [-0.05, 0) is 45.0 Å². The van der Waals surface area contributed by atoms with E-state index in [0.29, 0.717) is 6.04 Å². The molecule has 2 rings (SSSR count). The Balaban J connectivity index is 1.78. The third-order valence-electron chi connectivity index (χ3n) is 3.53. The highest BCUT2D eigenvalue weighted by Crippen LogP contribution is 2.10. The first-order valence-corrected chi connectivity index (χ1v) is 7.48. The zero-order valence-electron chi connectivity index (χ0n) is 13.0. The summed E-state index contributed by atoms with van der Waals surface area (Å²) in [4.78, 5) is 8.75. The van der Waals surface area contributed by atoms with Gasteiger partial charge in [-0.25, -0.2) is 0 Å². The molecule has 0 amide bonds. The number of rotatable bonds is 7. The van der Waals surface area contributed by atoms with Gasteiger partial charge < -0.3 is 10.6 Å². The normalized spacial score (nSPS) is 15.4. The predicted molar refractivity (Wildman–Crippen MR) is 85.9 cm³/mol. The standard InChI is InChI=1S/C17H24N4/c1-13(21-15(3)17-9-5-7-11-19-17)12-20-14(2)16-8-4-6-10-18-16/h4-11,13-15,20-21H,12H2,1-3H3/t13-,14-,15-/m1/s1. The molecule has 0 bridgehead atoms. The van der Waals surface area contributed by atoms with Gasteiger partial charge in [-0.1, -0.05) is 12.1 Å². The Morgan fingerprint density at radius 3 is 1.95 bits per heavy atom. The second kappa shape index (κ2) is 7.86. The van der Waals surface area contributed by atoms with Gasteiger partial charge in [0, 0.05) is 37.1 Å². The van der Waals surface area contributed by atoms with Crippen molar-refractivity contribution in [3.63, 3.8) is 0 Å². The van der Waals surface area contributed by atoms with Gasteiger partial charge in [-0.15, -0.1) is 0 Å². The van der Waals surface area contributed by atoms with Crippen molar-refractivity contribution in [1.82, 2.24) is 20.6 Å². The maximum atomic E-state index is 4.38. The Morgan fingerprint density at radius 2 is 1.43 bits per heavy atom. The molecule has 2 aromatic rings. The molecule has 2 heterocycles. The highest BCUT2D eigenvalue weighted by atomic mass is 15.0. The minimum atomic E-state index is 0.244. The molecular formula is C17H24N4. The lowest BCUT2D eigenvalue weighted by Gasteiger charge is -2.22. The summed E-state index contributed by atoms with van der Waals surface area (Å²) in [6, 6.07) is 12.9. The summed E-state index contributed by atoms with van der Waals surface area (Å²) < 4.78 is 0. The van der Waals surface area contributed by atoms with Crippen molar-refractivity contribution < 1.29 is 0 Å². The fraction of sp³-hybridized carbons (Fsp3) is 0.412. The summed E-state index contributed by atoms with van der Waals surface area (Å²) in [6.07, 6.45) is 3.66. The molecule has 0 aliphatic heterocycles. The minimum absolute atomic E-state index is 0.244.